The standard InChI is InChI=1S/C11H23N/c1-5-6-7-11(4)8-12(9-11)10(2)3/h10H,5-9H2,1-4H3. The quantitative estimate of drug-likeness (QED) is 0.625. The van der Waals surface area contributed by atoms with E-state index >= 15 is 0 Å². The summed E-state index contributed by atoms with van der Waals surface area (Å²) in [5.74, 6) is 0. The van der Waals surface area contributed by atoms with Crippen molar-refractivity contribution in [1.29, 1.82) is 0 Å². The van der Waals surface area contributed by atoms with Crippen LogP contribution in [0.1, 0.15) is 47.0 Å². The Morgan fingerprint density at radius 1 is 1.33 bits per heavy atom. The van der Waals surface area contributed by atoms with Gasteiger partial charge in [-0.3, -0.25) is 4.90 Å². The molecule has 1 nitrogen and oxygen atoms in total. The molecule has 1 saturated heterocycles. The highest BCUT2D eigenvalue weighted by atomic mass is 15.2. The van der Waals surface area contributed by atoms with Crippen molar-refractivity contribution >= 4 is 0 Å². The van der Waals surface area contributed by atoms with Crippen molar-refractivity contribution in [2.75, 3.05) is 13.1 Å². The van der Waals surface area contributed by atoms with Crippen molar-refractivity contribution in [3.63, 3.8) is 0 Å². The lowest BCUT2D eigenvalue weighted by Gasteiger charge is -2.50. The highest BCUT2D eigenvalue weighted by molar-refractivity contribution is 4.92. The van der Waals surface area contributed by atoms with E-state index in [9.17, 15) is 0 Å². The van der Waals surface area contributed by atoms with Gasteiger partial charge >= 0.3 is 0 Å². The van der Waals surface area contributed by atoms with Crippen LogP contribution < -0.4 is 0 Å². The summed E-state index contributed by atoms with van der Waals surface area (Å²) in [5, 5.41) is 0. The summed E-state index contributed by atoms with van der Waals surface area (Å²) < 4.78 is 0. The third kappa shape index (κ3) is 2.22. The molecule has 0 aliphatic carbocycles. The van der Waals surface area contributed by atoms with Crippen LogP contribution in [0.4, 0.5) is 0 Å². The average Bonchev–Trinajstić information content (AvgIpc) is 1.95. The Hall–Kier alpha value is -0.0400. The first kappa shape index (κ1) is 10.0. The molecule has 0 bridgehead atoms. The molecule has 0 atom stereocenters. The Morgan fingerprint density at radius 3 is 2.33 bits per heavy atom. The van der Waals surface area contributed by atoms with Crippen LogP contribution in [-0.4, -0.2) is 24.0 Å². The van der Waals surface area contributed by atoms with Crippen molar-refractivity contribution in [2.45, 2.75) is 53.0 Å². The summed E-state index contributed by atoms with van der Waals surface area (Å²) in [5.41, 5.74) is 0.653. The first-order valence-corrected chi connectivity index (χ1v) is 5.31. The second kappa shape index (κ2) is 3.78. The number of hydrogen-bond donors (Lipinski definition) is 0. The topological polar surface area (TPSA) is 3.24 Å². The molecular formula is C11H23N. The van der Waals surface area contributed by atoms with Crippen LogP contribution in [0.5, 0.6) is 0 Å². The van der Waals surface area contributed by atoms with Gasteiger partial charge in [0, 0.05) is 19.1 Å². The normalized spacial score (nSPS) is 22.8. The molecule has 0 unspecified atom stereocenters. The van der Waals surface area contributed by atoms with E-state index < -0.39 is 0 Å². The van der Waals surface area contributed by atoms with Gasteiger partial charge in [0.05, 0.1) is 0 Å². The van der Waals surface area contributed by atoms with Crippen LogP contribution in [0.25, 0.3) is 0 Å². The van der Waals surface area contributed by atoms with Crippen molar-refractivity contribution in [3.8, 4) is 0 Å². The molecule has 0 aromatic rings. The predicted octanol–water partition coefficient (Wildman–Crippen LogP) is 2.91. The zero-order valence-electron chi connectivity index (χ0n) is 9.06. The first-order valence-electron chi connectivity index (χ1n) is 5.31. The van der Waals surface area contributed by atoms with Gasteiger partial charge in [0.1, 0.15) is 0 Å². The van der Waals surface area contributed by atoms with E-state index in [1.807, 2.05) is 0 Å². The third-order valence-corrected chi connectivity index (χ3v) is 3.03. The Morgan fingerprint density at radius 2 is 1.92 bits per heavy atom. The lowest BCUT2D eigenvalue weighted by Crippen LogP contribution is -2.57. The van der Waals surface area contributed by atoms with E-state index in [4.69, 9.17) is 0 Å². The van der Waals surface area contributed by atoms with Crippen LogP contribution in [-0.2, 0) is 0 Å². The molecule has 0 saturated carbocycles. The molecule has 1 heteroatoms. The van der Waals surface area contributed by atoms with E-state index in [0.717, 1.165) is 6.04 Å². The van der Waals surface area contributed by atoms with Gasteiger partial charge in [-0.25, -0.2) is 0 Å². The maximum atomic E-state index is 2.57. The summed E-state index contributed by atoms with van der Waals surface area (Å²) in [6.07, 6.45) is 4.17. The van der Waals surface area contributed by atoms with Crippen LogP contribution >= 0.6 is 0 Å². The zero-order chi connectivity index (χ0) is 9.19. The largest absolute Gasteiger partial charge is 0.300 e. The molecule has 0 aromatic carbocycles. The molecule has 1 heterocycles. The summed E-state index contributed by atoms with van der Waals surface area (Å²) in [7, 11) is 0. The SMILES string of the molecule is CCCCC1(C)CN(C(C)C)C1. The van der Waals surface area contributed by atoms with Crippen LogP contribution in [0.2, 0.25) is 0 Å². The van der Waals surface area contributed by atoms with Gasteiger partial charge in [-0.1, -0.05) is 26.7 Å². The minimum absolute atomic E-state index is 0.653. The molecule has 0 aromatic heterocycles. The molecule has 1 aliphatic rings. The Balaban J connectivity index is 2.20. The summed E-state index contributed by atoms with van der Waals surface area (Å²) in [6, 6.07) is 0.750. The van der Waals surface area contributed by atoms with Crippen molar-refractivity contribution < 1.29 is 0 Å². The molecule has 72 valence electrons. The van der Waals surface area contributed by atoms with Gasteiger partial charge in [0.2, 0.25) is 0 Å². The molecule has 0 N–H and O–H groups in total. The van der Waals surface area contributed by atoms with E-state index in [-0.39, 0.29) is 0 Å². The van der Waals surface area contributed by atoms with Crippen molar-refractivity contribution in [3.05, 3.63) is 0 Å². The van der Waals surface area contributed by atoms with Gasteiger partial charge in [0.25, 0.3) is 0 Å². The predicted molar refractivity (Wildman–Crippen MR) is 54.3 cm³/mol. The smallest absolute Gasteiger partial charge is 0.00505 e. The maximum Gasteiger partial charge on any atom is 0.00505 e. The highest BCUT2D eigenvalue weighted by Gasteiger charge is 2.38. The van der Waals surface area contributed by atoms with Gasteiger partial charge in [-0.05, 0) is 25.7 Å². The monoisotopic (exact) mass is 169 g/mol. The molecule has 1 aliphatic heterocycles. The van der Waals surface area contributed by atoms with Crippen molar-refractivity contribution in [2.24, 2.45) is 5.41 Å². The van der Waals surface area contributed by atoms with E-state index in [2.05, 4.69) is 32.6 Å². The molecule has 0 radical (unpaired) electrons. The van der Waals surface area contributed by atoms with Gasteiger partial charge in [-0.2, -0.15) is 0 Å². The molecule has 0 amide bonds. The number of unbranched alkanes of at least 4 members (excludes halogenated alkanes) is 1. The molecule has 12 heavy (non-hydrogen) atoms. The Bertz CT molecular complexity index is 134. The van der Waals surface area contributed by atoms with Gasteiger partial charge in [0.15, 0.2) is 0 Å². The Kier molecular flexibility index (Phi) is 3.16. The summed E-state index contributed by atoms with van der Waals surface area (Å²) >= 11 is 0. The van der Waals surface area contributed by atoms with Gasteiger partial charge < -0.3 is 0 Å². The molecular weight excluding hydrogens is 146 g/mol. The number of nitrogens with zero attached hydrogens (tertiary/aromatic N) is 1. The number of hydrogen-bond acceptors (Lipinski definition) is 1. The molecule has 0 spiro atoms. The van der Waals surface area contributed by atoms with E-state index in [0.29, 0.717) is 5.41 Å². The second-order valence-electron chi connectivity index (χ2n) is 4.91. The van der Waals surface area contributed by atoms with E-state index in [1.54, 1.807) is 0 Å². The molecule has 1 fully saturated rings. The van der Waals surface area contributed by atoms with Gasteiger partial charge in [-0.15, -0.1) is 0 Å². The lowest BCUT2D eigenvalue weighted by atomic mass is 9.77. The third-order valence-electron chi connectivity index (χ3n) is 3.03. The fourth-order valence-corrected chi connectivity index (χ4v) is 2.06. The second-order valence-corrected chi connectivity index (χ2v) is 4.91. The first-order chi connectivity index (χ1) is 5.57. The fourth-order valence-electron chi connectivity index (χ4n) is 2.06. The van der Waals surface area contributed by atoms with Crippen LogP contribution in [0, 0.1) is 5.41 Å². The number of rotatable bonds is 4. The summed E-state index contributed by atoms with van der Waals surface area (Å²) in [6.45, 7) is 11.9. The number of likely N-dealkylation sites (tertiary alicyclic amines) is 1. The average molecular weight is 169 g/mol. The summed E-state index contributed by atoms with van der Waals surface area (Å²) in [4.78, 5) is 2.57. The highest BCUT2D eigenvalue weighted by Crippen LogP contribution is 2.35. The zero-order valence-corrected chi connectivity index (χ0v) is 9.06. The fraction of sp³-hybridized carbons (Fsp3) is 1.00. The van der Waals surface area contributed by atoms with Crippen LogP contribution in [0.3, 0.4) is 0 Å². The minimum atomic E-state index is 0.653. The van der Waals surface area contributed by atoms with Crippen molar-refractivity contribution in [1.82, 2.24) is 4.90 Å². The molecule has 1 rings (SSSR count). The Labute approximate surface area is 77.1 Å². The van der Waals surface area contributed by atoms with E-state index in [1.165, 1.54) is 32.4 Å². The lowest BCUT2D eigenvalue weighted by molar-refractivity contribution is -0.0153. The van der Waals surface area contributed by atoms with Crippen LogP contribution in [0.15, 0.2) is 0 Å². The minimum Gasteiger partial charge on any atom is -0.300 e. The maximum absolute atomic E-state index is 2.57.